The Hall–Kier alpha value is -1.20. The number of rotatable bonds is 4. The number of aromatic amines is 1. The van der Waals surface area contributed by atoms with Crippen LogP contribution in [0.1, 0.15) is 38.9 Å². The van der Waals surface area contributed by atoms with E-state index in [2.05, 4.69) is 36.0 Å². The van der Waals surface area contributed by atoms with E-state index in [1.807, 2.05) is 17.5 Å². The van der Waals surface area contributed by atoms with Crippen LogP contribution in [-0.2, 0) is 0 Å². The fourth-order valence-corrected chi connectivity index (χ4v) is 2.66. The second kappa shape index (κ2) is 5.20. The molecular formula is C13H20N4S. The van der Waals surface area contributed by atoms with Crippen molar-refractivity contribution in [2.24, 2.45) is 11.1 Å². The van der Waals surface area contributed by atoms with Gasteiger partial charge in [0.05, 0.1) is 4.88 Å². The summed E-state index contributed by atoms with van der Waals surface area (Å²) in [6.07, 6.45) is 1.00. The third kappa shape index (κ3) is 3.17. The lowest BCUT2D eigenvalue weighted by molar-refractivity contribution is 0.336. The van der Waals surface area contributed by atoms with E-state index < -0.39 is 0 Å². The Balaban J connectivity index is 2.18. The summed E-state index contributed by atoms with van der Waals surface area (Å²) in [6.45, 7) is 7.24. The zero-order valence-electron chi connectivity index (χ0n) is 11.1. The molecular weight excluding hydrogens is 244 g/mol. The minimum atomic E-state index is 0.236. The summed E-state index contributed by atoms with van der Waals surface area (Å²) in [5.74, 6) is 1.91. The average molecular weight is 264 g/mol. The lowest BCUT2D eigenvalue weighted by Crippen LogP contribution is -2.20. The number of H-pyrrole nitrogens is 1. The van der Waals surface area contributed by atoms with Crippen molar-refractivity contribution < 1.29 is 0 Å². The van der Waals surface area contributed by atoms with Gasteiger partial charge < -0.3 is 5.73 Å². The van der Waals surface area contributed by atoms with Crippen molar-refractivity contribution in [2.45, 2.75) is 33.1 Å². The molecule has 1 unspecified atom stereocenters. The minimum absolute atomic E-state index is 0.236. The first-order valence-corrected chi connectivity index (χ1v) is 7.04. The monoisotopic (exact) mass is 264 g/mol. The Morgan fingerprint density at radius 3 is 2.78 bits per heavy atom. The van der Waals surface area contributed by atoms with Gasteiger partial charge in [-0.15, -0.1) is 11.3 Å². The lowest BCUT2D eigenvalue weighted by Gasteiger charge is -2.23. The largest absolute Gasteiger partial charge is 0.330 e. The van der Waals surface area contributed by atoms with Gasteiger partial charge in [0.25, 0.3) is 0 Å². The Morgan fingerprint density at radius 1 is 1.44 bits per heavy atom. The van der Waals surface area contributed by atoms with Crippen LogP contribution in [0.15, 0.2) is 17.5 Å². The predicted octanol–water partition coefficient (Wildman–Crippen LogP) is 3.01. The molecule has 1 atom stereocenters. The van der Waals surface area contributed by atoms with Crippen LogP contribution >= 0.6 is 11.3 Å². The van der Waals surface area contributed by atoms with Crippen LogP contribution in [0.2, 0.25) is 0 Å². The van der Waals surface area contributed by atoms with Crippen molar-refractivity contribution >= 4 is 11.3 Å². The van der Waals surface area contributed by atoms with Gasteiger partial charge in [-0.2, -0.15) is 5.10 Å². The molecule has 98 valence electrons. The van der Waals surface area contributed by atoms with E-state index in [1.54, 1.807) is 11.3 Å². The number of aromatic nitrogens is 3. The summed E-state index contributed by atoms with van der Waals surface area (Å²) >= 11 is 1.65. The van der Waals surface area contributed by atoms with Crippen LogP contribution in [-0.4, -0.2) is 21.7 Å². The molecule has 0 radical (unpaired) electrons. The molecule has 0 aliphatic carbocycles. The number of nitrogens with zero attached hydrogens (tertiary/aromatic N) is 2. The SMILES string of the molecule is CC(C)(C)CC(CN)c1nc(-c2cccs2)n[nH]1. The topological polar surface area (TPSA) is 67.6 Å². The number of nitrogens with one attached hydrogen (secondary N) is 1. The van der Waals surface area contributed by atoms with E-state index in [9.17, 15) is 0 Å². The van der Waals surface area contributed by atoms with Gasteiger partial charge in [0.15, 0.2) is 5.82 Å². The first-order chi connectivity index (χ1) is 8.49. The summed E-state index contributed by atoms with van der Waals surface area (Å²) in [5, 5.41) is 9.34. The highest BCUT2D eigenvalue weighted by molar-refractivity contribution is 7.13. The number of nitrogens with two attached hydrogens (primary N) is 1. The van der Waals surface area contributed by atoms with Crippen LogP contribution in [0.25, 0.3) is 10.7 Å². The molecule has 3 N–H and O–H groups in total. The van der Waals surface area contributed by atoms with Gasteiger partial charge in [-0.1, -0.05) is 26.8 Å². The quantitative estimate of drug-likeness (QED) is 0.892. The maximum Gasteiger partial charge on any atom is 0.191 e. The molecule has 0 spiro atoms. The Bertz CT molecular complexity index is 481. The molecule has 0 bridgehead atoms. The third-order valence-electron chi connectivity index (χ3n) is 2.77. The second-order valence-electron chi connectivity index (χ2n) is 5.72. The van der Waals surface area contributed by atoms with Crippen LogP contribution in [0.4, 0.5) is 0 Å². The van der Waals surface area contributed by atoms with E-state index in [-0.39, 0.29) is 11.3 Å². The summed E-state index contributed by atoms with van der Waals surface area (Å²) < 4.78 is 0. The fourth-order valence-electron chi connectivity index (χ4n) is 2.00. The van der Waals surface area contributed by atoms with E-state index in [0.717, 1.165) is 22.9 Å². The first kappa shape index (κ1) is 13.2. The van der Waals surface area contributed by atoms with E-state index in [0.29, 0.717) is 6.54 Å². The van der Waals surface area contributed by atoms with Crippen LogP contribution in [0.5, 0.6) is 0 Å². The molecule has 4 nitrogen and oxygen atoms in total. The van der Waals surface area contributed by atoms with Gasteiger partial charge in [0.2, 0.25) is 0 Å². The van der Waals surface area contributed by atoms with Gasteiger partial charge in [-0.25, -0.2) is 4.98 Å². The summed E-state index contributed by atoms with van der Waals surface area (Å²) in [6, 6.07) is 4.03. The van der Waals surface area contributed by atoms with Crippen molar-refractivity contribution in [3.05, 3.63) is 23.3 Å². The molecule has 2 rings (SSSR count). The summed E-state index contributed by atoms with van der Waals surface area (Å²) in [7, 11) is 0. The smallest absolute Gasteiger partial charge is 0.191 e. The Kier molecular flexibility index (Phi) is 3.82. The maximum atomic E-state index is 5.85. The van der Waals surface area contributed by atoms with E-state index in [4.69, 9.17) is 5.73 Å². The molecule has 2 heterocycles. The fraction of sp³-hybridized carbons (Fsp3) is 0.538. The van der Waals surface area contributed by atoms with Crippen molar-refractivity contribution in [3.8, 4) is 10.7 Å². The Labute approximate surface area is 112 Å². The molecule has 0 aromatic carbocycles. The van der Waals surface area contributed by atoms with Crippen LogP contribution < -0.4 is 5.73 Å². The second-order valence-corrected chi connectivity index (χ2v) is 6.67. The first-order valence-electron chi connectivity index (χ1n) is 6.16. The Morgan fingerprint density at radius 2 is 2.22 bits per heavy atom. The molecule has 0 fully saturated rings. The normalized spacial score (nSPS) is 13.8. The summed E-state index contributed by atoms with van der Waals surface area (Å²) in [4.78, 5) is 5.66. The van der Waals surface area contributed by atoms with Crippen LogP contribution in [0, 0.1) is 5.41 Å². The lowest BCUT2D eigenvalue weighted by atomic mass is 9.84. The summed E-state index contributed by atoms with van der Waals surface area (Å²) in [5.41, 5.74) is 6.09. The van der Waals surface area contributed by atoms with Gasteiger partial charge in [-0.3, -0.25) is 5.10 Å². The van der Waals surface area contributed by atoms with Crippen LogP contribution in [0.3, 0.4) is 0 Å². The molecule has 2 aromatic heterocycles. The van der Waals surface area contributed by atoms with Gasteiger partial charge in [0, 0.05) is 12.5 Å². The molecule has 0 aliphatic heterocycles. The zero-order chi connectivity index (χ0) is 13.2. The molecule has 18 heavy (non-hydrogen) atoms. The highest BCUT2D eigenvalue weighted by atomic mass is 32.1. The molecule has 0 amide bonds. The van der Waals surface area contributed by atoms with Gasteiger partial charge in [-0.05, 0) is 23.3 Å². The van der Waals surface area contributed by atoms with Crippen molar-refractivity contribution in [1.29, 1.82) is 0 Å². The molecule has 0 saturated heterocycles. The maximum absolute atomic E-state index is 5.85. The predicted molar refractivity (Wildman–Crippen MR) is 75.6 cm³/mol. The highest BCUT2D eigenvalue weighted by Crippen LogP contribution is 2.30. The molecule has 0 saturated carbocycles. The number of hydrogen-bond acceptors (Lipinski definition) is 4. The van der Waals surface area contributed by atoms with Crippen molar-refractivity contribution in [1.82, 2.24) is 15.2 Å². The zero-order valence-corrected chi connectivity index (χ0v) is 11.9. The molecule has 5 heteroatoms. The van der Waals surface area contributed by atoms with Crippen molar-refractivity contribution in [2.75, 3.05) is 6.54 Å². The van der Waals surface area contributed by atoms with Gasteiger partial charge in [0.1, 0.15) is 5.82 Å². The molecule has 0 aliphatic rings. The van der Waals surface area contributed by atoms with Crippen molar-refractivity contribution in [3.63, 3.8) is 0 Å². The average Bonchev–Trinajstić information content (AvgIpc) is 2.94. The van der Waals surface area contributed by atoms with E-state index >= 15 is 0 Å². The molecule has 2 aromatic rings. The van der Waals surface area contributed by atoms with Gasteiger partial charge >= 0.3 is 0 Å². The van der Waals surface area contributed by atoms with E-state index in [1.165, 1.54) is 0 Å². The third-order valence-corrected chi connectivity index (χ3v) is 3.64. The highest BCUT2D eigenvalue weighted by Gasteiger charge is 2.22. The minimum Gasteiger partial charge on any atom is -0.330 e. The standard InChI is InChI=1S/C13H20N4S/c1-13(2,3)7-9(8-14)11-15-12(17-16-11)10-5-4-6-18-10/h4-6,9H,7-8,14H2,1-3H3,(H,15,16,17). The number of hydrogen-bond donors (Lipinski definition) is 2. The number of thiophene rings is 1.